The monoisotopic (exact) mass is 216 g/mol. The molecule has 82 valence electrons. The van der Waals surface area contributed by atoms with Crippen molar-refractivity contribution in [1.82, 2.24) is 9.88 Å². The van der Waals surface area contributed by atoms with Crippen LogP contribution in [0.3, 0.4) is 0 Å². The zero-order valence-corrected chi connectivity index (χ0v) is 8.93. The van der Waals surface area contributed by atoms with Crippen LogP contribution in [-0.2, 0) is 11.8 Å². The van der Waals surface area contributed by atoms with Gasteiger partial charge in [-0.25, -0.2) is 4.79 Å². The largest absolute Gasteiger partial charge is 0.439 e. The highest BCUT2D eigenvalue weighted by Gasteiger charge is 2.25. The lowest BCUT2D eigenvalue weighted by atomic mass is 10.1. The predicted octanol–water partition coefficient (Wildman–Crippen LogP) is 1.96. The van der Waals surface area contributed by atoms with Crippen LogP contribution in [0.2, 0.25) is 0 Å². The predicted molar refractivity (Wildman–Crippen MR) is 60.1 cm³/mol. The molecule has 3 rings (SSSR count). The van der Waals surface area contributed by atoms with Crippen LogP contribution in [-0.4, -0.2) is 17.2 Å². The van der Waals surface area contributed by atoms with Crippen molar-refractivity contribution in [3.8, 4) is 0 Å². The molecule has 1 unspecified atom stereocenters. The minimum absolute atomic E-state index is 0.168. The number of alkyl carbamates (subject to hydrolysis) is 1. The molecule has 2 aromatic rings. The molecule has 1 aromatic carbocycles. The van der Waals surface area contributed by atoms with Gasteiger partial charge in [-0.2, -0.15) is 0 Å². The van der Waals surface area contributed by atoms with E-state index in [1.807, 2.05) is 25.4 Å². The number of amides is 1. The molecule has 0 bridgehead atoms. The van der Waals surface area contributed by atoms with Gasteiger partial charge in [-0.05, 0) is 12.1 Å². The second-order valence-electron chi connectivity index (χ2n) is 3.98. The van der Waals surface area contributed by atoms with Gasteiger partial charge in [0.05, 0.1) is 6.54 Å². The van der Waals surface area contributed by atoms with Crippen LogP contribution in [0.15, 0.2) is 30.5 Å². The summed E-state index contributed by atoms with van der Waals surface area (Å²) in [6.07, 6.45) is 1.51. The molecule has 1 aliphatic rings. The number of benzene rings is 1. The fraction of sp³-hybridized carbons (Fsp3) is 0.250. The summed E-state index contributed by atoms with van der Waals surface area (Å²) in [5.41, 5.74) is 2.22. The van der Waals surface area contributed by atoms with E-state index < -0.39 is 0 Å². The van der Waals surface area contributed by atoms with Crippen molar-refractivity contribution in [3.05, 3.63) is 36.0 Å². The third-order valence-electron chi connectivity index (χ3n) is 2.99. The molecule has 0 radical (unpaired) electrons. The fourth-order valence-corrected chi connectivity index (χ4v) is 2.17. The average molecular weight is 216 g/mol. The number of aryl methyl sites for hydroxylation is 1. The Bertz CT molecular complexity index is 559. The first-order chi connectivity index (χ1) is 7.75. The molecule has 1 saturated heterocycles. The summed E-state index contributed by atoms with van der Waals surface area (Å²) in [6, 6.07) is 8.11. The first kappa shape index (κ1) is 9.27. The number of fused-ring (bicyclic) bond motifs is 1. The van der Waals surface area contributed by atoms with E-state index in [1.165, 1.54) is 0 Å². The summed E-state index contributed by atoms with van der Waals surface area (Å²) in [5, 5.41) is 3.82. The first-order valence-corrected chi connectivity index (χ1v) is 5.24. The van der Waals surface area contributed by atoms with Crippen LogP contribution in [0, 0.1) is 0 Å². The number of hydrogen-bond acceptors (Lipinski definition) is 2. The molecule has 1 atom stereocenters. The minimum Gasteiger partial charge on any atom is -0.439 e. The Labute approximate surface area is 92.8 Å². The van der Waals surface area contributed by atoms with Crippen LogP contribution in [0.1, 0.15) is 11.7 Å². The molecule has 16 heavy (non-hydrogen) atoms. The maximum atomic E-state index is 11.0. The maximum absolute atomic E-state index is 11.0. The van der Waals surface area contributed by atoms with Gasteiger partial charge in [-0.1, -0.05) is 12.1 Å². The van der Waals surface area contributed by atoms with E-state index in [4.69, 9.17) is 4.74 Å². The summed E-state index contributed by atoms with van der Waals surface area (Å²) in [6.45, 7) is 0.548. The van der Waals surface area contributed by atoms with Crippen molar-refractivity contribution in [2.24, 2.45) is 7.05 Å². The molecular weight excluding hydrogens is 204 g/mol. The van der Waals surface area contributed by atoms with E-state index in [1.54, 1.807) is 0 Å². The normalized spacial score (nSPS) is 19.8. The zero-order valence-electron chi connectivity index (χ0n) is 8.93. The van der Waals surface area contributed by atoms with Gasteiger partial charge in [-0.3, -0.25) is 0 Å². The van der Waals surface area contributed by atoms with Gasteiger partial charge < -0.3 is 14.6 Å². The van der Waals surface area contributed by atoms with Gasteiger partial charge >= 0.3 is 6.09 Å². The van der Waals surface area contributed by atoms with Crippen molar-refractivity contribution >= 4 is 17.0 Å². The highest BCUT2D eigenvalue weighted by Crippen LogP contribution is 2.28. The van der Waals surface area contributed by atoms with Crippen LogP contribution in [0.4, 0.5) is 4.79 Å². The number of nitrogens with zero attached hydrogens (tertiary/aromatic N) is 1. The summed E-state index contributed by atoms with van der Waals surface area (Å²) in [4.78, 5) is 11.0. The number of hydrogen-bond donors (Lipinski definition) is 1. The molecule has 4 heteroatoms. The highest BCUT2D eigenvalue weighted by atomic mass is 16.6. The van der Waals surface area contributed by atoms with Crippen molar-refractivity contribution in [3.63, 3.8) is 0 Å². The lowest BCUT2D eigenvalue weighted by Gasteiger charge is -2.09. The quantitative estimate of drug-likeness (QED) is 0.791. The van der Waals surface area contributed by atoms with Crippen LogP contribution < -0.4 is 5.32 Å². The lowest BCUT2D eigenvalue weighted by molar-refractivity contribution is 0.142. The smallest absolute Gasteiger partial charge is 0.407 e. The molecule has 2 heterocycles. The standard InChI is InChI=1S/C12H12N2O2/c1-14-6-5-8-9(3-2-4-10(8)14)11-7-13-12(15)16-11/h2-6,11H,7H2,1H3,(H,13,15). The molecule has 1 N–H and O–H groups in total. The van der Waals surface area contributed by atoms with Gasteiger partial charge in [0.15, 0.2) is 0 Å². The second kappa shape index (κ2) is 3.27. The second-order valence-corrected chi connectivity index (χ2v) is 3.98. The summed E-state index contributed by atoms with van der Waals surface area (Å²) in [7, 11) is 2.00. The van der Waals surface area contributed by atoms with Gasteiger partial charge in [0.25, 0.3) is 0 Å². The van der Waals surface area contributed by atoms with Crippen LogP contribution >= 0.6 is 0 Å². The molecule has 1 amide bonds. The topological polar surface area (TPSA) is 43.3 Å². The summed E-state index contributed by atoms with van der Waals surface area (Å²) >= 11 is 0. The van der Waals surface area contributed by atoms with E-state index >= 15 is 0 Å². The Hall–Kier alpha value is -1.97. The third kappa shape index (κ3) is 1.26. The molecule has 4 nitrogen and oxygen atoms in total. The van der Waals surface area contributed by atoms with Crippen LogP contribution in [0.25, 0.3) is 10.9 Å². The number of cyclic esters (lactones) is 1. The number of ether oxygens (including phenoxy) is 1. The van der Waals surface area contributed by atoms with E-state index in [-0.39, 0.29) is 12.2 Å². The highest BCUT2D eigenvalue weighted by molar-refractivity contribution is 5.84. The first-order valence-electron chi connectivity index (χ1n) is 5.24. The Kier molecular flexibility index (Phi) is 1.89. The molecule has 0 spiro atoms. The van der Waals surface area contributed by atoms with Crippen molar-refractivity contribution in [1.29, 1.82) is 0 Å². The fourth-order valence-electron chi connectivity index (χ4n) is 2.17. The van der Waals surface area contributed by atoms with Gasteiger partial charge in [0.1, 0.15) is 6.10 Å². The van der Waals surface area contributed by atoms with Crippen molar-refractivity contribution in [2.45, 2.75) is 6.10 Å². The Morgan fingerprint density at radius 2 is 2.31 bits per heavy atom. The molecule has 1 fully saturated rings. The Morgan fingerprint density at radius 3 is 3.06 bits per heavy atom. The van der Waals surface area contributed by atoms with E-state index in [0.29, 0.717) is 6.54 Å². The molecular formula is C12H12N2O2. The summed E-state index contributed by atoms with van der Waals surface area (Å²) < 4.78 is 7.26. The van der Waals surface area contributed by atoms with Gasteiger partial charge in [0.2, 0.25) is 0 Å². The molecule has 0 saturated carbocycles. The number of nitrogens with one attached hydrogen (secondary N) is 1. The van der Waals surface area contributed by atoms with Gasteiger partial charge in [-0.15, -0.1) is 0 Å². The number of carbonyl (C=O) groups is 1. The SMILES string of the molecule is Cn1ccc2c(C3CNC(=O)O3)cccc21. The minimum atomic E-state index is -0.335. The number of aromatic nitrogens is 1. The molecule has 1 aromatic heterocycles. The summed E-state index contributed by atoms with van der Waals surface area (Å²) in [5.74, 6) is 0. The van der Waals surface area contributed by atoms with Crippen molar-refractivity contribution in [2.75, 3.05) is 6.54 Å². The number of carbonyl (C=O) groups excluding carboxylic acids is 1. The van der Waals surface area contributed by atoms with Crippen LogP contribution in [0.5, 0.6) is 0 Å². The number of rotatable bonds is 1. The third-order valence-corrected chi connectivity index (χ3v) is 2.99. The maximum Gasteiger partial charge on any atom is 0.407 e. The van der Waals surface area contributed by atoms with E-state index in [2.05, 4.69) is 22.0 Å². The molecule has 1 aliphatic heterocycles. The van der Waals surface area contributed by atoms with E-state index in [9.17, 15) is 4.79 Å². The van der Waals surface area contributed by atoms with E-state index in [0.717, 1.165) is 16.5 Å². The zero-order chi connectivity index (χ0) is 11.1. The van der Waals surface area contributed by atoms with Crippen molar-refractivity contribution < 1.29 is 9.53 Å². The average Bonchev–Trinajstić information content (AvgIpc) is 2.86. The Morgan fingerprint density at radius 1 is 1.44 bits per heavy atom. The molecule has 0 aliphatic carbocycles. The lowest BCUT2D eigenvalue weighted by Crippen LogP contribution is -2.12. The van der Waals surface area contributed by atoms with Gasteiger partial charge in [0, 0.05) is 29.7 Å². The Balaban J connectivity index is 2.13.